The van der Waals surface area contributed by atoms with Crippen molar-refractivity contribution in [1.29, 1.82) is 0 Å². The molecule has 6 heterocycles. The standard InChI is InChI=1S/C19H12F2N6.C13H8BrFN6/c20-13-3-1-10(2-4-13)17-16-18(23-9-24-19(16)27-26-17)25-15-6-12-8-22-7-11(12)5-14(15)21;14-11-10-12(17-5-18-13(10)21-20-11)19-9-2-7-4-16-3-6(7)1-8(9)15/h1-6,8-9H,7H2,(H2,23,24,25,26,27);1-2,4-5H,3H2,(H2,17,18,19,20,21). The molecule has 12 nitrogen and oxygen atoms in total. The van der Waals surface area contributed by atoms with Gasteiger partial charge in [0.05, 0.1) is 40.9 Å². The average molecular weight is 709 g/mol. The van der Waals surface area contributed by atoms with Crippen molar-refractivity contribution in [3.8, 4) is 11.3 Å². The Balaban J connectivity index is 0.000000145. The predicted octanol–water partition coefficient (Wildman–Crippen LogP) is 6.90. The lowest BCUT2D eigenvalue weighted by Gasteiger charge is -2.10. The number of fused-ring (bicyclic) bond motifs is 4. The van der Waals surface area contributed by atoms with Crippen LogP contribution in [0, 0.1) is 17.5 Å². The van der Waals surface area contributed by atoms with Gasteiger partial charge in [-0.1, -0.05) is 0 Å². The summed E-state index contributed by atoms with van der Waals surface area (Å²) in [6.45, 7) is 1.01. The molecule has 7 aromatic rings. The van der Waals surface area contributed by atoms with Crippen LogP contribution in [0.25, 0.3) is 33.3 Å². The molecule has 0 spiro atoms. The molecule has 0 aliphatic carbocycles. The van der Waals surface area contributed by atoms with Gasteiger partial charge in [0, 0.05) is 18.0 Å². The second-order valence-electron chi connectivity index (χ2n) is 10.7. The second-order valence-corrected chi connectivity index (χ2v) is 11.5. The SMILES string of the molecule is Fc1cc2c(cc1Nc1ncnc3n[nH]c(Br)c13)C=NC2.Fc1ccc(-c2[nH]nc3ncnc(Nc4cc5c(cc4F)CN=C5)c23)cc1. The van der Waals surface area contributed by atoms with Crippen molar-refractivity contribution in [2.24, 2.45) is 9.98 Å². The number of hydrogen-bond donors (Lipinski definition) is 4. The van der Waals surface area contributed by atoms with E-state index < -0.39 is 5.82 Å². The number of nitrogens with zero attached hydrogens (tertiary/aromatic N) is 8. The van der Waals surface area contributed by atoms with Crippen molar-refractivity contribution >= 4 is 73.4 Å². The minimum Gasteiger partial charge on any atom is -0.337 e. The molecule has 9 rings (SSSR count). The third kappa shape index (κ3) is 5.41. The monoisotopic (exact) mass is 708 g/mol. The van der Waals surface area contributed by atoms with Crippen LogP contribution in [0.3, 0.4) is 0 Å². The van der Waals surface area contributed by atoms with Gasteiger partial charge in [0.25, 0.3) is 0 Å². The van der Waals surface area contributed by atoms with Crippen LogP contribution in [0.1, 0.15) is 22.3 Å². The van der Waals surface area contributed by atoms with Crippen LogP contribution in [0.5, 0.6) is 0 Å². The number of aromatic nitrogens is 8. The number of nitrogens with one attached hydrogen (secondary N) is 4. The molecule has 2 aliphatic rings. The lowest BCUT2D eigenvalue weighted by Crippen LogP contribution is -2.00. The van der Waals surface area contributed by atoms with Gasteiger partial charge in [0.15, 0.2) is 11.3 Å². The lowest BCUT2D eigenvalue weighted by molar-refractivity contribution is 0.628. The van der Waals surface area contributed by atoms with Gasteiger partial charge >= 0.3 is 0 Å². The molecule has 0 unspecified atom stereocenters. The third-order valence-electron chi connectivity index (χ3n) is 7.74. The molecule has 0 atom stereocenters. The van der Waals surface area contributed by atoms with Crippen molar-refractivity contribution < 1.29 is 13.2 Å². The van der Waals surface area contributed by atoms with E-state index in [0.29, 0.717) is 62.8 Å². The first-order chi connectivity index (χ1) is 23.4. The zero-order valence-electron chi connectivity index (χ0n) is 24.4. The molecule has 48 heavy (non-hydrogen) atoms. The maximum Gasteiger partial charge on any atom is 0.187 e. The fraction of sp³-hybridized carbons (Fsp3) is 0.0625. The normalized spacial score (nSPS) is 12.7. The quantitative estimate of drug-likeness (QED) is 0.150. The van der Waals surface area contributed by atoms with Crippen LogP contribution in [-0.2, 0) is 13.1 Å². The van der Waals surface area contributed by atoms with E-state index in [1.54, 1.807) is 36.7 Å². The van der Waals surface area contributed by atoms with E-state index >= 15 is 0 Å². The number of aromatic amines is 2. The molecule has 2 aliphatic heterocycles. The Hall–Kier alpha value is -6.03. The van der Waals surface area contributed by atoms with Crippen molar-refractivity contribution in [3.63, 3.8) is 0 Å². The largest absolute Gasteiger partial charge is 0.337 e. The molecule has 0 radical (unpaired) electrons. The smallest absolute Gasteiger partial charge is 0.187 e. The number of hydrogen-bond acceptors (Lipinski definition) is 10. The van der Waals surface area contributed by atoms with Crippen LogP contribution >= 0.6 is 15.9 Å². The second kappa shape index (κ2) is 12.0. The highest BCUT2D eigenvalue weighted by molar-refractivity contribution is 9.10. The number of benzene rings is 3. The number of H-pyrrole nitrogens is 2. The minimum atomic E-state index is -0.391. The molecule has 236 valence electrons. The molecule has 4 N–H and O–H groups in total. The summed E-state index contributed by atoms with van der Waals surface area (Å²) in [6, 6.07) is 12.4. The Morgan fingerprint density at radius 2 is 1.19 bits per heavy atom. The average Bonchev–Trinajstić information content (AvgIpc) is 3.90. The first kappa shape index (κ1) is 29.4. The summed E-state index contributed by atoms with van der Waals surface area (Å²) < 4.78 is 42.5. The van der Waals surface area contributed by atoms with E-state index in [-0.39, 0.29) is 17.3 Å². The van der Waals surface area contributed by atoms with E-state index in [9.17, 15) is 13.2 Å². The van der Waals surface area contributed by atoms with Crippen LogP contribution in [0.2, 0.25) is 0 Å². The summed E-state index contributed by atoms with van der Waals surface area (Å²) in [5.41, 5.74) is 6.41. The highest BCUT2D eigenvalue weighted by Gasteiger charge is 2.18. The third-order valence-corrected chi connectivity index (χ3v) is 8.31. The molecule has 0 saturated heterocycles. The van der Waals surface area contributed by atoms with E-state index in [0.717, 1.165) is 27.8 Å². The highest BCUT2D eigenvalue weighted by Crippen LogP contribution is 2.34. The van der Waals surface area contributed by atoms with E-state index in [2.05, 4.69) is 76.9 Å². The highest BCUT2D eigenvalue weighted by atomic mass is 79.9. The predicted molar refractivity (Wildman–Crippen MR) is 178 cm³/mol. The Bertz CT molecular complexity index is 2420. The van der Waals surface area contributed by atoms with Crippen molar-refractivity contribution in [1.82, 2.24) is 40.3 Å². The van der Waals surface area contributed by atoms with E-state index in [4.69, 9.17) is 0 Å². The fourth-order valence-electron chi connectivity index (χ4n) is 5.40. The van der Waals surface area contributed by atoms with Gasteiger partial charge in [-0.15, -0.1) is 0 Å². The van der Waals surface area contributed by atoms with E-state index in [1.807, 2.05) is 0 Å². The Morgan fingerprint density at radius 3 is 1.79 bits per heavy atom. The zero-order valence-corrected chi connectivity index (χ0v) is 26.0. The van der Waals surface area contributed by atoms with Gasteiger partial charge in [-0.3, -0.25) is 20.2 Å². The molecule has 0 amide bonds. The summed E-state index contributed by atoms with van der Waals surface area (Å²) in [4.78, 5) is 24.9. The number of rotatable bonds is 5. The van der Waals surface area contributed by atoms with Crippen molar-refractivity contribution in [3.05, 3.63) is 105 Å². The number of anilines is 4. The number of aliphatic imine (C=N–C) groups is 2. The van der Waals surface area contributed by atoms with Crippen LogP contribution < -0.4 is 10.6 Å². The Morgan fingerprint density at radius 1 is 0.646 bits per heavy atom. The molecule has 16 heteroatoms. The fourth-order valence-corrected chi connectivity index (χ4v) is 5.85. The summed E-state index contributed by atoms with van der Waals surface area (Å²) in [6.07, 6.45) is 6.19. The van der Waals surface area contributed by atoms with Gasteiger partial charge < -0.3 is 10.6 Å². The van der Waals surface area contributed by atoms with Crippen molar-refractivity contribution in [2.75, 3.05) is 10.6 Å². The molecule has 0 saturated carbocycles. The Labute approximate surface area is 276 Å². The number of halogens is 4. The topological polar surface area (TPSA) is 158 Å². The lowest BCUT2D eigenvalue weighted by atomic mass is 10.1. The first-order valence-corrected chi connectivity index (χ1v) is 15.2. The van der Waals surface area contributed by atoms with Gasteiger partial charge in [0.2, 0.25) is 0 Å². The minimum absolute atomic E-state index is 0.286. The summed E-state index contributed by atoms with van der Waals surface area (Å²) >= 11 is 3.35. The summed E-state index contributed by atoms with van der Waals surface area (Å²) in [5.74, 6) is -0.182. The van der Waals surface area contributed by atoms with Crippen LogP contribution in [0.4, 0.5) is 36.2 Å². The van der Waals surface area contributed by atoms with Gasteiger partial charge in [0.1, 0.15) is 46.3 Å². The molecular weight excluding hydrogens is 689 g/mol. The first-order valence-electron chi connectivity index (χ1n) is 14.4. The van der Waals surface area contributed by atoms with Gasteiger partial charge in [-0.05, 0) is 86.7 Å². The zero-order chi connectivity index (χ0) is 32.8. The molecule has 3 aromatic carbocycles. The van der Waals surface area contributed by atoms with Crippen molar-refractivity contribution in [2.45, 2.75) is 13.1 Å². The van der Waals surface area contributed by atoms with E-state index in [1.165, 1.54) is 36.9 Å². The molecule has 0 fully saturated rings. The van der Waals surface area contributed by atoms with Crippen LogP contribution in [-0.4, -0.2) is 52.8 Å². The van der Waals surface area contributed by atoms with Gasteiger partial charge in [-0.25, -0.2) is 33.1 Å². The molecule has 4 aromatic heterocycles. The molecular formula is C32H20BrF3N12. The van der Waals surface area contributed by atoms with Gasteiger partial charge in [-0.2, -0.15) is 10.2 Å². The maximum absolute atomic E-state index is 14.5. The molecule has 0 bridgehead atoms. The summed E-state index contributed by atoms with van der Waals surface area (Å²) in [7, 11) is 0. The van der Waals surface area contributed by atoms with Crippen LogP contribution in [0.15, 0.2) is 75.8 Å². The summed E-state index contributed by atoms with van der Waals surface area (Å²) in [5, 5.41) is 21.2. The Kier molecular flexibility index (Phi) is 7.32. The maximum atomic E-state index is 14.5.